The standard InChI is InChI=1S/C25H25N5O3S/c1-15(16-9-4-3-5-10-16)26-22(31)18-12-8-14-30(18)25-27-20-23(32)28-21(29-24(20)34-25)17-11-6-7-13-19(17)33-2/h3-7,9-11,13,15,18H,8,12,14H2,1-2H3,(H,26,31)(H,28,29,32)/t15-,18-/m1/s1. The summed E-state index contributed by atoms with van der Waals surface area (Å²) in [6, 6.07) is 16.9. The Labute approximate surface area is 200 Å². The molecule has 8 nitrogen and oxygen atoms in total. The van der Waals surface area contributed by atoms with E-state index in [1.165, 1.54) is 11.3 Å². The van der Waals surface area contributed by atoms with Gasteiger partial charge in [-0.1, -0.05) is 53.8 Å². The molecule has 0 aliphatic carbocycles. The minimum atomic E-state index is -0.334. The number of aromatic amines is 1. The first-order valence-corrected chi connectivity index (χ1v) is 12.0. The van der Waals surface area contributed by atoms with E-state index in [1.807, 2.05) is 66.4 Å². The van der Waals surface area contributed by atoms with Gasteiger partial charge in [-0.3, -0.25) is 9.59 Å². The van der Waals surface area contributed by atoms with Crippen molar-refractivity contribution < 1.29 is 9.53 Å². The largest absolute Gasteiger partial charge is 0.496 e. The highest BCUT2D eigenvalue weighted by Crippen LogP contribution is 2.33. The lowest BCUT2D eigenvalue weighted by molar-refractivity contribution is -0.122. The summed E-state index contributed by atoms with van der Waals surface area (Å²) in [6.07, 6.45) is 1.61. The van der Waals surface area contributed by atoms with Gasteiger partial charge < -0.3 is 19.9 Å². The number of nitrogens with zero attached hydrogens (tertiary/aromatic N) is 3. The van der Waals surface area contributed by atoms with Crippen LogP contribution in [0.3, 0.4) is 0 Å². The Bertz CT molecular complexity index is 1380. The van der Waals surface area contributed by atoms with Crippen LogP contribution in [0, 0.1) is 0 Å². The van der Waals surface area contributed by atoms with E-state index in [9.17, 15) is 9.59 Å². The summed E-state index contributed by atoms with van der Waals surface area (Å²) in [7, 11) is 1.58. The summed E-state index contributed by atoms with van der Waals surface area (Å²) in [6.45, 7) is 2.68. The van der Waals surface area contributed by atoms with Gasteiger partial charge in [0, 0.05) is 6.54 Å². The monoisotopic (exact) mass is 475 g/mol. The Balaban J connectivity index is 1.42. The van der Waals surface area contributed by atoms with Crippen LogP contribution in [0.4, 0.5) is 5.13 Å². The molecular weight excluding hydrogens is 450 g/mol. The molecule has 5 rings (SSSR count). The second-order valence-electron chi connectivity index (χ2n) is 8.26. The molecular formula is C25H25N5O3S. The van der Waals surface area contributed by atoms with E-state index in [0.29, 0.717) is 33.6 Å². The van der Waals surface area contributed by atoms with E-state index >= 15 is 0 Å². The van der Waals surface area contributed by atoms with Crippen LogP contribution in [0.15, 0.2) is 59.4 Å². The van der Waals surface area contributed by atoms with Gasteiger partial charge in [0.1, 0.15) is 17.6 Å². The van der Waals surface area contributed by atoms with Crippen LogP contribution in [-0.4, -0.2) is 40.6 Å². The van der Waals surface area contributed by atoms with Gasteiger partial charge in [-0.05, 0) is 37.5 Å². The molecule has 1 aliphatic heterocycles. The van der Waals surface area contributed by atoms with Crippen LogP contribution in [0.25, 0.3) is 21.7 Å². The van der Waals surface area contributed by atoms with E-state index < -0.39 is 0 Å². The van der Waals surface area contributed by atoms with E-state index in [4.69, 9.17) is 4.74 Å². The van der Waals surface area contributed by atoms with Crippen LogP contribution in [0.5, 0.6) is 5.75 Å². The van der Waals surface area contributed by atoms with Crippen molar-refractivity contribution >= 4 is 32.7 Å². The zero-order valence-corrected chi connectivity index (χ0v) is 19.8. The average Bonchev–Trinajstić information content (AvgIpc) is 3.52. The molecule has 9 heteroatoms. The molecule has 2 aromatic carbocycles. The van der Waals surface area contributed by atoms with E-state index in [-0.39, 0.29) is 29.1 Å². The molecule has 2 atom stereocenters. The third-order valence-corrected chi connectivity index (χ3v) is 7.07. The smallest absolute Gasteiger partial charge is 0.278 e. The van der Waals surface area contributed by atoms with E-state index in [2.05, 4.69) is 20.3 Å². The number of amides is 1. The van der Waals surface area contributed by atoms with Crippen LogP contribution >= 0.6 is 11.3 Å². The van der Waals surface area contributed by atoms with Gasteiger partial charge in [0.15, 0.2) is 15.5 Å². The zero-order valence-electron chi connectivity index (χ0n) is 18.9. The Morgan fingerprint density at radius 3 is 2.74 bits per heavy atom. The molecule has 0 saturated carbocycles. The zero-order chi connectivity index (χ0) is 23.7. The van der Waals surface area contributed by atoms with Crippen LogP contribution in [0.2, 0.25) is 0 Å². The third-order valence-electron chi connectivity index (χ3n) is 6.08. The van der Waals surface area contributed by atoms with Gasteiger partial charge in [0.05, 0.1) is 18.7 Å². The van der Waals surface area contributed by atoms with Gasteiger partial charge in [0.2, 0.25) is 5.91 Å². The molecule has 1 saturated heterocycles. The summed E-state index contributed by atoms with van der Waals surface area (Å²) >= 11 is 1.33. The van der Waals surface area contributed by atoms with Crippen molar-refractivity contribution in [3.8, 4) is 17.1 Å². The van der Waals surface area contributed by atoms with Crippen molar-refractivity contribution in [2.75, 3.05) is 18.6 Å². The summed E-state index contributed by atoms with van der Waals surface area (Å²) in [5.41, 5.74) is 1.72. The molecule has 34 heavy (non-hydrogen) atoms. The number of anilines is 1. The number of methoxy groups -OCH3 is 1. The van der Waals surface area contributed by atoms with Crippen LogP contribution in [0.1, 0.15) is 31.4 Å². The maximum absolute atomic E-state index is 13.1. The Morgan fingerprint density at radius 2 is 1.94 bits per heavy atom. The first-order chi connectivity index (χ1) is 16.5. The molecule has 4 aromatic rings. The van der Waals surface area contributed by atoms with Gasteiger partial charge in [-0.15, -0.1) is 0 Å². The Morgan fingerprint density at radius 1 is 1.18 bits per heavy atom. The maximum Gasteiger partial charge on any atom is 0.278 e. The minimum Gasteiger partial charge on any atom is -0.496 e. The molecule has 2 aromatic heterocycles. The number of benzene rings is 2. The quantitative estimate of drug-likeness (QED) is 0.439. The number of fused-ring (bicyclic) bond motifs is 1. The highest BCUT2D eigenvalue weighted by Gasteiger charge is 2.33. The number of H-pyrrole nitrogens is 1. The fourth-order valence-corrected chi connectivity index (χ4v) is 5.33. The van der Waals surface area contributed by atoms with Crippen molar-refractivity contribution in [1.82, 2.24) is 20.3 Å². The maximum atomic E-state index is 13.1. The lowest BCUT2D eigenvalue weighted by atomic mass is 10.1. The molecule has 2 N–H and O–H groups in total. The fourth-order valence-electron chi connectivity index (χ4n) is 4.31. The number of nitrogens with one attached hydrogen (secondary N) is 2. The lowest BCUT2D eigenvalue weighted by Gasteiger charge is -2.25. The summed E-state index contributed by atoms with van der Waals surface area (Å²) < 4.78 is 5.42. The highest BCUT2D eigenvalue weighted by atomic mass is 32.1. The third kappa shape index (κ3) is 4.14. The highest BCUT2D eigenvalue weighted by molar-refractivity contribution is 7.21. The normalized spacial score (nSPS) is 16.5. The van der Waals surface area contributed by atoms with Crippen molar-refractivity contribution in [2.24, 2.45) is 0 Å². The van der Waals surface area contributed by atoms with Gasteiger partial charge in [-0.2, -0.15) is 0 Å². The van der Waals surface area contributed by atoms with Gasteiger partial charge in [0.25, 0.3) is 5.56 Å². The van der Waals surface area contributed by atoms with Crippen LogP contribution < -0.4 is 20.5 Å². The molecule has 1 fully saturated rings. The molecule has 0 radical (unpaired) electrons. The predicted octanol–water partition coefficient (Wildman–Crippen LogP) is 3.90. The minimum absolute atomic E-state index is 0.0373. The van der Waals surface area contributed by atoms with E-state index in [1.54, 1.807) is 7.11 Å². The number of aromatic nitrogens is 3. The van der Waals surface area contributed by atoms with Crippen molar-refractivity contribution in [2.45, 2.75) is 31.8 Å². The van der Waals surface area contributed by atoms with Crippen molar-refractivity contribution in [3.63, 3.8) is 0 Å². The molecule has 0 spiro atoms. The number of rotatable bonds is 6. The number of carbonyl (C=O) groups is 1. The first-order valence-electron chi connectivity index (χ1n) is 11.2. The Kier molecular flexibility index (Phi) is 6.02. The molecule has 1 amide bonds. The van der Waals surface area contributed by atoms with E-state index in [0.717, 1.165) is 18.4 Å². The lowest BCUT2D eigenvalue weighted by Crippen LogP contribution is -2.44. The molecule has 3 heterocycles. The van der Waals surface area contributed by atoms with Gasteiger partial charge >= 0.3 is 0 Å². The summed E-state index contributed by atoms with van der Waals surface area (Å²) in [5, 5.41) is 3.76. The predicted molar refractivity (Wildman–Crippen MR) is 133 cm³/mol. The molecule has 0 unspecified atom stereocenters. The van der Waals surface area contributed by atoms with Crippen molar-refractivity contribution in [1.29, 1.82) is 0 Å². The first kappa shape index (κ1) is 22.1. The number of hydrogen-bond donors (Lipinski definition) is 2. The second kappa shape index (κ2) is 9.26. The second-order valence-corrected chi connectivity index (χ2v) is 9.21. The number of thiazole rings is 1. The number of ether oxygens (including phenoxy) is 1. The van der Waals surface area contributed by atoms with Crippen LogP contribution in [-0.2, 0) is 4.79 Å². The molecule has 1 aliphatic rings. The topological polar surface area (TPSA) is 100 Å². The van der Waals surface area contributed by atoms with Gasteiger partial charge in [-0.25, -0.2) is 9.97 Å². The van der Waals surface area contributed by atoms with Crippen molar-refractivity contribution in [3.05, 3.63) is 70.5 Å². The number of hydrogen-bond acceptors (Lipinski definition) is 7. The average molecular weight is 476 g/mol. The summed E-state index contributed by atoms with van der Waals surface area (Å²) in [4.78, 5) is 40.5. The Hall–Kier alpha value is -3.72. The molecule has 174 valence electrons. The number of para-hydroxylation sites is 1. The molecule has 0 bridgehead atoms. The fraction of sp³-hybridized carbons (Fsp3) is 0.280. The summed E-state index contributed by atoms with van der Waals surface area (Å²) in [5.74, 6) is 1.01. The number of carbonyl (C=O) groups excluding carboxylic acids is 1. The SMILES string of the molecule is COc1ccccc1-c1nc2sc(N3CCC[C@@H]3C(=O)N[C@H](C)c3ccccc3)nc2c(=O)[nH]1.